The molecule has 56 heavy (non-hydrogen) atoms. The molecule has 0 fully saturated rings. The predicted octanol–water partition coefficient (Wildman–Crippen LogP) is 5.95. The molecule has 298 valence electrons. The Bertz CT molecular complexity index is 2290. The number of ether oxygens (including phenoxy) is 2. The van der Waals surface area contributed by atoms with Crippen molar-refractivity contribution in [1.29, 1.82) is 0 Å². The number of rotatable bonds is 7. The zero-order valence-electron chi connectivity index (χ0n) is 31.4. The van der Waals surface area contributed by atoms with Gasteiger partial charge in [-0.3, -0.25) is 0 Å². The number of fused-ring (bicyclic) bond motifs is 4. The van der Waals surface area contributed by atoms with E-state index in [2.05, 4.69) is 80.0 Å². The molecule has 0 aliphatic heterocycles. The largest absolute Gasteiger partial charge is 0.748 e. The monoisotopic (exact) mass is 840 g/mol. The fourth-order valence-electron chi connectivity index (χ4n) is 7.11. The third-order valence-electron chi connectivity index (χ3n) is 9.32. The van der Waals surface area contributed by atoms with Crippen LogP contribution in [0, 0.1) is 0 Å². The van der Waals surface area contributed by atoms with Crippen LogP contribution in [0.1, 0.15) is 71.5 Å². The summed E-state index contributed by atoms with van der Waals surface area (Å²) in [6, 6.07) is 20.7. The number of hydrogen-bond donors (Lipinski definition) is 2. The molecule has 0 saturated carbocycles. The van der Waals surface area contributed by atoms with Crippen LogP contribution in [0.3, 0.4) is 0 Å². The highest BCUT2D eigenvalue weighted by molar-refractivity contribution is 8.76. The fourth-order valence-corrected chi connectivity index (χ4v) is 10.5. The van der Waals surface area contributed by atoms with Crippen molar-refractivity contribution in [3.8, 4) is 23.4 Å². The van der Waals surface area contributed by atoms with Gasteiger partial charge in [-0.05, 0) is 62.8 Å². The van der Waals surface area contributed by atoms with E-state index in [1.165, 1.54) is 35.4 Å². The van der Waals surface area contributed by atoms with E-state index in [-0.39, 0.29) is 10.5 Å². The Hall–Kier alpha value is -4.20. The van der Waals surface area contributed by atoms with Gasteiger partial charge in [-0.25, -0.2) is 35.9 Å². The zero-order chi connectivity index (χ0) is 40.0. The van der Waals surface area contributed by atoms with Crippen LogP contribution in [0.2, 0.25) is 0 Å². The lowest BCUT2D eigenvalue weighted by atomic mass is 10.1. The lowest BCUT2D eigenvalue weighted by Gasteiger charge is -2.23. The summed E-state index contributed by atoms with van der Waals surface area (Å²) in [6.45, 7) is 0. The Morgan fingerprint density at radius 2 is 1.02 bits per heavy atom. The van der Waals surface area contributed by atoms with Gasteiger partial charge in [0.2, 0.25) is 0 Å². The number of methoxy groups -OCH3 is 2. The maximum atomic E-state index is 9.08. The van der Waals surface area contributed by atoms with E-state index < -0.39 is 20.2 Å². The van der Waals surface area contributed by atoms with Crippen molar-refractivity contribution in [3.05, 3.63) is 95.6 Å². The van der Waals surface area contributed by atoms with Crippen LogP contribution >= 0.6 is 21.6 Å². The first-order valence-corrected chi connectivity index (χ1v) is 23.9. The SMILES string of the molecule is COc1cc[n+](-c2nc3ccccc3[nH]2)c2c1CCCC[C@H]2SS[C@@H]1CCCCc2c(OC)cc[n+](-c3nc4ccccc4[nH]3)c21.CS(=O)(=O)[O-].CS(=O)(=O)[O-]. The van der Waals surface area contributed by atoms with E-state index >= 15 is 0 Å². The van der Waals surface area contributed by atoms with Gasteiger partial charge in [0.15, 0.2) is 11.0 Å². The number of aromatic amines is 2. The summed E-state index contributed by atoms with van der Waals surface area (Å²) >= 11 is 0. The van der Waals surface area contributed by atoms with Crippen LogP contribution in [-0.4, -0.2) is 72.6 Å². The number of aromatic nitrogens is 6. The number of nitrogens with zero attached hydrogens (tertiary/aromatic N) is 4. The van der Waals surface area contributed by atoms with Gasteiger partial charge in [0.25, 0.3) is 0 Å². The van der Waals surface area contributed by atoms with Crippen LogP contribution in [-0.2, 0) is 33.1 Å². The average Bonchev–Trinajstić information content (AvgIpc) is 3.64. The molecule has 6 aromatic rings. The molecule has 4 heterocycles. The van der Waals surface area contributed by atoms with Crippen molar-refractivity contribution < 1.29 is 44.5 Å². The molecular weight excluding hydrogens is 797 g/mol. The van der Waals surface area contributed by atoms with Gasteiger partial charge in [0.1, 0.15) is 33.9 Å². The maximum absolute atomic E-state index is 9.08. The third kappa shape index (κ3) is 10.4. The van der Waals surface area contributed by atoms with Crippen molar-refractivity contribution >= 4 is 63.9 Å². The van der Waals surface area contributed by atoms with Gasteiger partial charge < -0.3 is 18.6 Å². The third-order valence-corrected chi connectivity index (χ3v) is 12.5. The molecule has 0 saturated heterocycles. The van der Waals surface area contributed by atoms with Crippen LogP contribution < -0.4 is 18.6 Å². The smallest absolute Gasteiger partial charge is 0.402 e. The van der Waals surface area contributed by atoms with E-state index in [0.717, 1.165) is 84.0 Å². The molecule has 2 aliphatic rings. The maximum Gasteiger partial charge on any atom is 0.402 e. The van der Waals surface area contributed by atoms with Gasteiger partial charge in [0.05, 0.1) is 57.3 Å². The Morgan fingerprint density at radius 3 is 1.38 bits per heavy atom. The van der Waals surface area contributed by atoms with Crippen molar-refractivity contribution in [1.82, 2.24) is 19.9 Å². The fraction of sp³-hybridized carbons (Fsp3) is 0.368. The molecule has 4 aromatic heterocycles. The van der Waals surface area contributed by atoms with E-state index in [1.807, 2.05) is 33.7 Å². The van der Waals surface area contributed by atoms with E-state index in [0.29, 0.717) is 12.5 Å². The lowest BCUT2D eigenvalue weighted by molar-refractivity contribution is -0.612. The molecule has 2 aromatic carbocycles. The van der Waals surface area contributed by atoms with Gasteiger partial charge in [-0.15, -0.1) is 0 Å². The number of pyridine rings is 2. The summed E-state index contributed by atoms with van der Waals surface area (Å²) < 4.78 is 70.9. The summed E-state index contributed by atoms with van der Waals surface area (Å²) in [5.41, 5.74) is 9.20. The summed E-state index contributed by atoms with van der Waals surface area (Å²) in [4.78, 5) is 17.2. The highest BCUT2D eigenvalue weighted by Crippen LogP contribution is 2.52. The summed E-state index contributed by atoms with van der Waals surface area (Å²) in [6.07, 6.45) is 14.3. The van der Waals surface area contributed by atoms with Crippen LogP contribution in [0.4, 0.5) is 0 Å². The number of imidazole rings is 2. The van der Waals surface area contributed by atoms with Gasteiger partial charge >= 0.3 is 11.9 Å². The molecule has 2 aliphatic carbocycles. The van der Waals surface area contributed by atoms with Crippen LogP contribution in [0.15, 0.2) is 73.1 Å². The van der Waals surface area contributed by atoms with Crippen LogP contribution in [0.25, 0.3) is 34.0 Å². The summed E-state index contributed by atoms with van der Waals surface area (Å²) in [5, 5.41) is 0.533. The molecule has 2 N–H and O–H groups in total. The second-order valence-electron chi connectivity index (χ2n) is 13.5. The first kappa shape index (κ1) is 41.4. The molecule has 0 spiro atoms. The number of hydrogen-bond acceptors (Lipinski definition) is 12. The minimum atomic E-state index is -3.92. The van der Waals surface area contributed by atoms with Crippen molar-refractivity contribution in [2.75, 3.05) is 26.7 Å². The van der Waals surface area contributed by atoms with Crippen molar-refractivity contribution in [2.45, 2.75) is 61.9 Å². The Morgan fingerprint density at radius 1 is 0.643 bits per heavy atom. The first-order chi connectivity index (χ1) is 26.7. The average molecular weight is 841 g/mol. The van der Waals surface area contributed by atoms with Crippen molar-refractivity contribution in [3.63, 3.8) is 0 Å². The van der Waals surface area contributed by atoms with E-state index in [1.54, 1.807) is 14.2 Å². The van der Waals surface area contributed by atoms with Crippen LogP contribution in [0.5, 0.6) is 11.5 Å². The molecule has 0 unspecified atom stereocenters. The number of nitrogens with one attached hydrogen (secondary N) is 2. The highest BCUT2D eigenvalue weighted by Gasteiger charge is 2.34. The predicted molar refractivity (Wildman–Crippen MR) is 215 cm³/mol. The summed E-state index contributed by atoms with van der Waals surface area (Å²) in [7, 11) is -0.251. The van der Waals surface area contributed by atoms with Gasteiger partial charge in [-0.2, -0.15) is 0 Å². The van der Waals surface area contributed by atoms with E-state index in [4.69, 9.17) is 45.4 Å². The number of H-pyrrole nitrogens is 2. The standard InChI is InChI=1S/C36H38N6O2S2.2CH4O3S/c1-43-29-19-21-41(35-37-25-13-5-6-14-26(25)38-35)33-23(29)11-3-9-17-31(33)45-46-32-18-10-4-12-24-30(44-2)20-22-42(34(24)32)36-39-27-15-7-8-16-28(27)40-36;2*1-5(2,3)4/h5-8,13-16,19-22,31-32H,3-4,9-12,17-18H2,1-2H3,(H,37,38)(H,39,40);2*1H3,(H,2,3,4)/q+2;;/p-2/t31-,32-;;/m1../s1. The minimum Gasteiger partial charge on any atom is -0.748 e. The topological polar surface area (TPSA) is 198 Å². The molecule has 2 atom stereocenters. The van der Waals surface area contributed by atoms with Gasteiger partial charge in [0, 0.05) is 35.8 Å². The molecule has 0 amide bonds. The Kier molecular flexibility index (Phi) is 13.3. The lowest BCUT2D eigenvalue weighted by Crippen LogP contribution is -2.39. The minimum absolute atomic E-state index is 0.266. The van der Waals surface area contributed by atoms with Gasteiger partial charge in [-0.1, -0.05) is 68.7 Å². The zero-order valence-corrected chi connectivity index (χ0v) is 34.7. The molecule has 14 nitrogen and oxygen atoms in total. The molecule has 0 bridgehead atoms. The molecular formula is C38H44N6O8S4. The normalized spacial score (nSPS) is 17.0. The van der Waals surface area contributed by atoms with E-state index in [9.17, 15) is 0 Å². The van der Waals surface area contributed by atoms with Crippen molar-refractivity contribution in [2.24, 2.45) is 0 Å². The highest BCUT2D eigenvalue weighted by atomic mass is 33.1. The number of para-hydroxylation sites is 4. The quantitative estimate of drug-likeness (QED) is 0.0831. The molecule has 0 radical (unpaired) electrons. The summed E-state index contributed by atoms with van der Waals surface area (Å²) in [5.74, 6) is 3.63. The number of benzene rings is 2. The first-order valence-electron chi connectivity index (χ1n) is 18.0. The Balaban J connectivity index is 0.000000476. The molecule has 18 heteroatoms. The molecule has 8 rings (SSSR count). The second-order valence-corrected chi connectivity index (χ2v) is 19.0. The second kappa shape index (κ2) is 17.9. The Labute approximate surface area is 334 Å².